The molecule has 3 nitrogen and oxygen atoms in total. The summed E-state index contributed by atoms with van der Waals surface area (Å²) in [5.74, 6) is 1.83. The first-order valence-electron chi connectivity index (χ1n) is 6.41. The van der Waals surface area contributed by atoms with E-state index in [1.54, 1.807) is 7.11 Å². The summed E-state index contributed by atoms with van der Waals surface area (Å²) in [7, 11) is 1.68. The molecule has 17 heavy (non-hydrogen) atoms. The Kier molecular flexibility index (Phi) is 2.42. The average Bonchev–Trinajstić information content (AvgIpc) is 3.19. The molecule has 0 saturated heterocycles. The molecule has 0 spiro atoms. The molecule has 2 aliphatic carbocycles. The number of methoxy groups -OCH3 is 1. The van der Waals surface area contributed by atoms with E-state index in [1.807, 2.05) is 18.2 Å². The third-order valence-corrected chi connectivity index (χ3v) is 4.23. The van der Waals surface area contributed by atoms with Crippen LogP contribution in [-0.2, 0) is 0 Å². The van der Waals surface area contributed by atoms with Crippen LogP contribution in [0, 0.1) is 11.3 Å². The van der Waals surface area contributed by atoms with Gasteiger partial charge in [-0.1, -0.05) is 0 Å². The van der Waals surface area contributed by atoms with Gasteiger partial charge in [0.1, 0.15) is 5.75 Å². The summed E-state index contributed by atoms with van der Waals surface area (Å²) < 4.78 is 5.22. The third-order valence-electron chi connectivity index (χ3n) is 4.23. The smallest absolute Gasteiger partial charge is 0.121 e. The Morgan fingerprint density at radius 1 is 1.41 bits per heavy atom. The number of nitrogens with two attached hydrogens (primary N) is 1. The van der Waals surface area contributed by atoms with Gasteiger partial charge in [0.15, 0.2) is 0 Å². The molecule has 0 bridgehead atoms. The van der Waals surface area contributed by atoms with E-state index >= 15 is 0 Å². The fourth-order valence-electron chi connectivity index (χ4n) is 2.67. The van der Waals surface area contributed by atoms with Gasteiger partial charge >= 0.3 is 0 Å². The van der Waals surface area contributed by atoms with Crippen molar-refractivity contribution in [3.63, 3.8) is 0 Å². The molecular weight excluding hydrogens is 212 g/mol. The Hall–Kier alpha value is -1.38. The van der Waals surface area contributed by atoms with Crippen LogP contribution in [0.25, 0.3) is 0 Å². The topological polar surface area (TPSA) is 47.3 Å². The molecule has 1 aromatic carbocycles. The van der Waals surface area contributed by atoms with Gasteiger partial charge in [-0.05, 0) is 49.1 Å². The molecule has 0 amide bonds. The molecule has 0 radical (unpaired) electrons. The van der Waals surface area contributed by atoms with Crippen molar-refractivity contribution in [2.24, 2.45) is 11.3 Å². The molecular formula is C14H20N2O. The van der Waals surface area contributed by atoms with Crippen molar-refractivity contribution in [2.75, 3.05) is 24.7 Å². The number of rotatable bonds is 5. The molecule has 0 heterocycles. The van der Waals surface area contributed by atoms with Crippen molar-refractivity contribution < 1.29 is 4.74 Å². The van der Waals surface area contributed by atoms with Crippen molar-refractivity contribution >= 4 is 11.4 Å². The lowest BCUT2D eigenvalue weighted by Gasteiger charge is -2.17. The minimum Gasteiger partial charge on any atom is -0.497 e. The van der Waals surface area contributed by atoms with Crippen LogP contribution in [-0.4, -0.2) is 13.7 Å². The maximum atomic E-state index is 5.97. The minimum absolute atomic E-state index is 0.593. The lowest BCUT2D eigenvalue weighted by atomic mass is 10.0. The van der Waals surface area contributed by atoms with Crippen LogP contribution in [0.2, 0.25) is 0 Å². The maximum absolute atomic E-state index is 5.97. The van der Waals surface area contributed by atoms with Crippen molar-refractivity contribution in [1.29, 1.82) is 0 Å². The zero-order valence-electron chi connectivity index (χ0n) is 10.3. The van der Waals surface area contributed by atoms with Crippen LogP contribution in [0.4, 0.5) is 11.4 Å². The number of nitrogens with one attached hydrogen (secondary N) is 1. The zero-order chi connectivity index (χ0) is 11.9. The van der Waals surface area contributed by atoms with Gasteiger partial charge < -0.3 is 15.8 Å². The van der Waals surface area contributed by atoms with E-state index in [4.69, 9.17) is 10.5 Å². The second kappa shape index (κ2) is 3.83. The predicted molar refractivity (Wildman–Crippen MR) is 70.3 cm³/mol. The first-order chi connectivity index (χ1) is 8.23. The Morgan fingerprint density at radius 2 is 2.18 bits per heavy atom. The highest BCUT2D eigenvalue weighted by Crippen LogP contribution is 2.61. The predicted octanol–water partition coefficient (Wildman–Crippen LogP) is 2.88. The Balaban J connectivity index is 1.68. The second-order valence-electron chi connectivity index (χ2n) is 5.44. The first-order valence-corrected chi connectivity index (χ1v) is 6.41. The van der Waals surface area contributed by atoms with Crippen molar-refractivity contribution in [1.82, 2.24) is 0 Å². The van der Waals surface area contributed by atoms with Crippen LogP contribution >= 0.6 is 0 Å². The Labute approximate surface area is 102 Å². The summed E-state index contributed by atoms with van der Waals surface area (Å²) in [6.07, 6.45) is 5.62. The van der Waals surface area contributed by atoms with E-state index in [2.05, 4.69) is 5.32 Å². The van der Waals surface area contributed by atoms with E-state index in [9.17, 15) is 0 Å². The molecule has 0 unspecified atom stereocenters. The molecule has 3 heteroatoms. The van der Waals surface area contributed by atoms with E-state index in [-0.39, 0.29) is 0 Å². The standard InChI is InChI=1S/C14H20N2O/c1-17-11-4-5-12(15)13(8-11)16-9-14(6-7-14)10-2-3-10/h4-5,8,10,16H,2-3,6-7,9,15H2,1H3. The highest BCUT2D eigenvalue weighted by molar-refractivity contribution is 5.68. The largest absolute Gasteiger partial charge is 0.497 e. The molecule has 2 saturated carbocycles. The number of anilines is 2. The van der Waals surface area contributed by atoms with E-state index < -0.39 is 0 Å². The van der Waals surface area contributed by atoms with Gasteiger partial charge in [-0.15, -0.1) is 0 Å². The van der Waals surface area contributed by atoms with Crippen LogP contribution in [0.1, 0.15) is 25.7 Å². The number of hydrogen-bond donors (Lipinski definition) is 2. The van der Waals surface area contributed by atoms with Gasteiger partial charge in [0, 0.05) is 12.6 Å². The van der Waals surface area contributed by atoms with Gasteiger partial charge in [-0.2, -0.15) is 0 Å². The van der Waals surface area contributed by atoms with Crippen LogP contribution in [0.3, 0.4) is 0 Å². The van der Waals surface area contributed by atoms with Gasteiger partial charge in [0.05, 0.1) is 18.5 Å². The summed E-state index contributed by atoms with van der Waals surface area (Å²) >= 11 is 0. The number of nitrogen functional groups attached to an aromatic ring is 1. The third kappa shape index (κ3) is 2.06. The van der Waals surface area contributed by atoms with Gasteiger partial charge in [-0.3, -0.25) is 0 Å². The SMILES string of the molecule is COc1ccc(N)c(NCC2(C3CC3)CC2)c1. The number of benzene rings is 1. The van der Waals surface area contributed by atoms with Gasteiger partial charge in [-0.25, -0.2) is 0 Å². The summed E-state index contributed by atoms with van der Waals surface area (Å²) in [4.78, 5) is 0. The molecule has 0 aromatic heterocycles. The molecule has 3 rings (SSSR count). The minimum atomic E-state index is 0.593. The molecule has 92 valence electrons. The molecule has 0 aliphatic heterocycles. The first kappa shape index (κ1) is 10.8. The molecule has 3 N–H and O–H groups in total. The Morgan fingerprint density at radius 3 is 2.76 bits per heavy atom. The lowest BCUT2D eigenvalue weighted by molar-refractivity contribution is 0.415. The Bertz CT molecular complexity index is 422. The summed E-state index contributed by atoms with van der Waals surface area (Å²) in [5.41, 5.74) is 8.37. The van der Waals surface area contributed by atoms with E-state index in [0.717, 1.165) is 29.6 Å². The number of hydrogen-bond acceptors (Lipinski definition) is 3. The normalized spacial score (nSPS) is 21.0. The fourth-order valence-corrected chi connectivity index (χ4v) is 2.67. The van der Waals surface area contributed by atoms with Crippen LogP contribution in [0.15, 0.2) is 18.2 Å². The van der Waals surface area contributed by atoms with E-state index in [1.165, 1.54) is 25.7 Å². The van der Waals surface area contributed by atoms with Crippen molar-refractivity contribution in [3.05, 3.63) is 18.2 Å². The zero-order valence-corrected chi connectivity index (χ0v) is 10.3. The molecule has 2 aliphatic rings. The van der Waals surface area contributed by atoms with E-state index in [0.29, 0.717) is 5.41 Å². The van der Waals surface area contributed by atoms with Gasteiger partial charge in [0.25, 0.3) is 0 Å². The average molecular weight is 232 g/mol. The second-order valence-corrected chi connectivity index (χ2v) is 5.44. The fraction of sp³-hybridized carbons (Fsp3) is 0.571. The van der Waals surface area contributed by atoms with Crippen LogP contribution < -0.4 is 15.8 Å². The van der Waals surface area contributed by atoms with Crippen molar-refractivity contribution in [2.45, 2.75) is 25.7 Å². The maximum Gasteiger partial charge on any atom is 0.121 e. The summed E-state index contributed by atoms with van der Waals surface area (Å²) in [6, 6.07) is 5.78. The molecule has 1 aromatic rings. The lowest BCUT2D eigenvalue weighted by Crippen LogP contribution is -2.18. The summed E-state index contributed by atoms with van der Waals surface area (Å²) in [6.45, 7) is 1.06. The molecule has 2 fully saturated rings. The quantitative estimate of drug-likeness (QED) is 0.767. The number of ether oxygens (including phenoxy) is 1. The monoisotopic (exact) mass is 232 g/mol. The highest BCUT2D eigenvalue weighted by atomic mass is 16.5. The van der Waals surface area contributed by atoms with Crippen LogP contribution in [0.5, 0.6) is 5.75 Å². The summed E-state index contributed by atoms with van der Waals surface area (Å²) in [5, 5.41) is 3.51. The highest BCUT2D eigenvalue weighted by Gasteiger charge is 2.53. The van der Waals surface area contributed by atoms with Crippen molar-refractivity contribution in [3.8, 4) is 5.75 Å². The molecule has 0 atom stereocenters. The van der Waals surface area contributed by atoms with Gasteiger partial charge in [0.2, 0.25) is 0 Å².